The third-order valence-corrected chi connectivity index (χ3v) is 14.1. The van der Waals surface area contributed by atoms with E-state index in [2.05, 4.69) is 44.2 Å². The molecule has 0 radical (unpaired) electrons. The van der Waals surface area contributed by atoms with E-state index in [1.807, 2.05) is 52.8 Å². The van der Waals surface area contributed by atoms with Crippen molar-refractivity contribution in [1.82, 2.24) is 16.0 Å². The van der Waals surface area contributed by atoms with E-state index >= 15 is 0 Å². The minimum Gasteiger partial charge on any atom is -0.507 e. The molecule has 6 N–H and O–H groups in total. The van der Waals surface area contributed by atoms with E-state index in [0.717, 1.165) is 45.2 Å². The number of amides is 3. The molecule has 388 valence electrons. The number of carbonyl (C=O) groups excluding carboxylic acids is 3. The van der Waals surface area contributed by atoms with Crippen molar-refractivity contribution in [3.8, 4) is 62.5 Å². The number of nitrogens with one attached hydrogen (secondary N) is 4. The number of halogens is 2. The van der Waals surface area contributed by atoms with Gasteiger partial charge in [0, 0.05) is 98.3 Å². The Morgan fingerprint density at radius 1 is 0.675 bits per heavy atom. The first kappa shape index (κ1) is 52.9. The van der Waals surface area contributed by atoms with Crippen LogP contribution in [0.3, 0.4) is 0 Å². The zero-order chi connectivity index (χ0) is 54.8. The Morgan fingerprint density at radius 2 is 1.40 bits per heavy atom. The molecule has 0 saturated carbocycles. The van der Waals surface area contributed by atoms with Crippen molar-refractivity contribution < 1.29 is 38.2 Å². The number of aryl methyl sites for hydroxylation is 2. The van der Waals surface area contributed by atoms with Gasteiger partial charge in [-0.25, -0.2) is 4.79 Å². The number of carboxylic acid groups (broad SMARTS) is 1. The lowest BCUT2D eigenvalue weighted by Gasteiger charge is -2.21. The molecule has 5 aromatic rings. The van der Waals surface area contributed by atoms with Crippen LogP contribution in [0.1, 0.15) is 90.0 Å². The summed E-state index contributed by atoms with van der Waals surface area (Å²) in [5, 5.41) is 36.0. The number of nitrogens with zero attached hydrogens (tertiary/aromatic N) is 1. The first-order valence-corrected chi connectivity index (χ1v) is 25.4. The van der Waals surface area contributed by atoms with Crippen LogP contribution in [0.15, 0.2) is 122 Å². The number of carbonyl (C=O) groups is 4. The quantitative estimate of drug-likeness (QED) is 0.0448. The maximum absolute atomic E-state index is 13.9. The van der Waals surface area contributed by atoms with Crippen molar-refractivity contribution in [2.45, 2.75) is 54.6 Å². The van der Waals surface area contributed by atoms with E-state index in [1.54, 1.807) is 37.3 Å². The molecular formula is C61H51Cl2N5O9. The largest absolute Gasteiger partial charge is 0.507 e. The van der Waals surface area contributed by atoms with Crippen molar-refractivity contribution in [3.05, 3.63) is 179 Å². The molecule has 0 fully saturated rings. The second kappa shape index (κ2) is 22.1. The Morgan fingerprint density at radius 3 is 2.13 bits per heavy atom. The predicted molar refractivity (Wildman–Crippen MR) is 301 cm³/mol. The molecule has 2 aliphatic heterocycles. The molecule has 0 aromatic heterocycles. The third-order valence-electron chi connectivity index (χ3n) is 13.4. The summed E-state index contributed by atoms with van der Waals surface area (Å²) in [4.78, 5) is 70.8. The number of hydrogen-bond acceptors (Lipinski definition) is 10. The molecule has 77 heavy (non-hydrogen) atoms. The summed E-state index contributed by atoms with van der Waals surface area (Å²) in [5.41, 5.74) is 8.28. The van der Waals surface area contributed by atoms with Crippen molar-refractivity contribution in [3.63, 3.8) is 0 Å². The normalized spacial score (nSPS) is 11.5. The van der Waals surface area contributed by atoms with E-state index < -0.39 is 29.1 Å². The van der Waals surface area contributed by atoms with Gasteiger partial charge in [-0.05, 0) is 142 Å². The summed E-state index contributed by atoms with van der Waals surface area (Å²) in [5.74, 6) is 3.20. The average Bonchev–Trinajstić information content (AvgIpc) is 3.43. The fraction of sp³-hybridized carbons (Fsp3) is 0.180. The Balaban J connectivity index is 0.963. The van der Waals surface area contributed by atoms with Gasteiger partial charge in [0.05, 0.1) is 40.2 Å². The molecule has 0 saturated heterocycles. The predicted octanol–water partition coefficient (Wildman–Crippen LogP) is 11.7. The van der Waals surface area contributed by atoms with Gasteiger partial charge in [-0.3, -0.25) is 24.2 Å². The molecule has 0 unspecified atom stereocenters. The number of rotatable bonds is 14. The summed E-state index contributed by atoms with van der Waals surface area (Å²) in [6, 6.07) is 27.3. The van der Waals surface area contributed by atoms with E-state index in [0.29, 0.717) is 56.1 Å². The number of hydrogen-bond donors (Lipinski definition) is 6. The topological polar surface area (TPSA) is 213 Å². The molecule has 3 amide bonds. The number of carboxylic acids is 1. The Bertz CT molecular complexity index is 4040. The highest BCUT2D eigenvalue weighted by molar-refractivity contribution is 6.39. The van der Waals surface area contributed by atoms with Gasteiger partial charge in [0.15, 0.2) is 5.43 Å². The highest BCUT2D eigenvalue weighted by Crippen LogP contribution is 2.48. The van der Waals surface area contributed by atoms with Gasteiger partial charge in [0.25, 0.3) is 17.7 Å². The number of benzene rings is 7. The van der Waals surface area contributed by atoms with Crippen LogP contribution in [0.4, 0.5) is 5.69 Å². The van der Waals surface area contributed by atoms with E-state index in [9.17, 15) is 34.2 Å². The zero-order valence-corrected chi connectivity index (χ0v) is 44.3. The Kier molecular flexibility index (Phi) is 15.2. The molecule has 0 spiro atoms. The van der Waals surface area contributed by atoms with Gasteiger partial charge in [0.1, 0.15) is 28.4 Å². The zero-order valence-electron chi connectivity index (χ0n) is 42.8. The minimum atomic E-state index is -1.27. The number of aromatic hydroxyl groups is 1. The minimum absolute atomic E-state index is 0.0690. The molecule has 4 aliphatic rings. The molecule has 0 atom stereocenters. The fourth-order valence-electron chi connectivity index (χ4n) is 9.56. The summed E-state index contributed by atoms with van der Waals surface area (Å²) >= 11 is 14.3. The smallest absolute Gasteiger partial charge is 0.336 e. The van der Waals surface area contributed by atoms with Gasteiger partial charge in [-0.2, -0.15) is 0 Å². The van der Waals surface area contributed by atoms with Crippen LogP contribution in [0.25, 0.3) is 66.8 Å². The van der Waals surface area contributed by atoms with E-state index in [-0.39, 0.29) is 75.1 Å². The van der Waals surface area contributed by atoms with Crippen molar-refractivity contribution in [2.75, 3.05) is 25.0 Å². The SMILES string of the molecule is CC#CCNC(=O)c1ccc(C(=O)O)c(-c2c3ccc(=O)cc-3oc3c(CNC(=O)c4ccc(CNC(=O)c5cc(Cl)c(-c6c7cc(C)c(=NCC)cc-7oc7cc(NCC)c(C)cc67)c(C)c5Cl)cc4)c(O)ccc23)c1. The lowest BCUT2D eigenvalue weighted by molar-refractivity contribution is 0.0696. The maximum atomic E-state index is 13.9. The molecule has 9 rings (SSSR count). The lowest BCUT2D eigenvalue weighted by atomic mass is 9.88. The number of fused-ring (bicyclic) bond motifs is 4. The highest BCUT2D eigenvalue weighted by Gasteiger charge is 2.28. The second-order valence-corrected chi connectivity index (χ2v) is 19.1. The Hall–Kier alpha value is -8.90. The molecular weight excluding hydrogens is 1020 g/mol. The molecule has 2 heterocycles. The van der Waals surface area contributed by atoms with Crippen LogP contribution in [-0.2, 0) is 13.1 Å². The number of aromatic carboxylic acids is 1. The fourth-order valence-corrected chi connectivity index (χ4v) is 10.1. The van der Waals surface area contributed by atoms with Gasteiger partial charge in [-0.15, -0.1) is 5.92 Å². The summed E-state index contributed by atoms with van der Waals surface area (Å²) in [7, 11) is 0. The number of phenolic OH excluding ortho intramolecular Hbond substituents is 1. The summed E-state index contributed by atoms with van der Waals surface area (Å²) in [6.07, 6.45) is 0. The lowest BCUT2D eigenvalue weighted by Crippen LogP contribution is -2.24. The first-order valence-electron chi connectivity index (χ1n) is 24.7. The molecule has 16 heteroatoms. The third kappa shape index (κ3) is 10.4. The van der Waals surface area contributed by atoms with Crippen LogP contribution in [0.2, 0.25) is 10.0 Å². The van der Waals surface area contributed by atoms with Crippen LogP contribution in [0, 0.1) is 32.6 Å². The number of phenols is 1. The van der Waals surface area contributed by atoms with Crippen molar-refractivity contribution >= 4 is 74.5 Å². The molecule has 5 aromatic carbocycles. The van der Waals surface area contributed by atoms with Gasteiger partial charge < -0.3 is 40.3 Å². The van der Waals surface area contributed by atoms with Crippen LogP contribution < -0.4 is 32.1 Å². The number of anilines is 1. The van der Waals surface area contributed by atoms with Crippen LogP contribution >= 0.6 is 23.2 Å². The summed E-state index contributed by atoms with van der Waals surface area (Å²) < 4.78 is 12.8. The van der Waals surface area contributed by atoms with Crippen molar-refractivity contribution in [1.29, 1.82) is 0 Å². The van der Waals surface area contributed by atoms with Gasteiger partial charge >= 0.3 is 5.97 Å². The van der Waals surface area contributed by atoms with E-state index in [4.69, 9.17) is 32.0 Å². The monoisotopic (exact) mass is 1070 g/mol. The maximum Gasteiger partial charge on any atom is 0.336 e. The summed E-state index contributed by atoms with van der Waals surface area (Å²) in [6.45, 7) is 12.8. The van der Waals surface area contributed by atoms with Crippen molar-refractivity contribution in [2.24, 2.45) is 4.99 Å². The average molecular weight is 1070 g/mol. The first-order chi connectivity index (χ1) is 37.0. The van der Waals surface area contributed by atoms with Crippen LogP contribution in [0.5, 0.6) is 5.75 Å². The molecule has 0 bridgehead atoms. The standard InChI is InChI=1S/C61H51Cl2N5O9/c1-7-10-21-66-59(72)36-15-17-38(61(74)75)41(24-36)54-39-18-16-37(69)25-50(39)77-57-40(54)19-20-49(70)45(57)30-68-58(71)35-13-11-34(12-14-35)29-67-60(73)44-26-46(62)53(33(6)56(44)63)55-42-22-31(4)47(64-8-2)27-51(42)76-52-28-48(65-9-3)32(5)23-43(52)55/h11-20,22-28,64,70H,8-9,21,29-30H2,1-6H3,(H,66,72)(H,67,73)(H,68,71)(H,74,75). The molecule has 14 nitrogen and oxygen atoms in total. The van der Waals surface area contributed by atoms with Crippen LogP contribution in [-0.4, -0.2) is 53.5 Å². The Labute approximate surface area is 452 Å². The van der Waals surface area contributed by atoms with Gasteiger partial charge in [0.2, 0.25) is 0 Å². The van der Waals surface area contributed by atoms with Gasteiger partial charge in [-0.1, -0.05) is 41.3 Å². The van der Waals surface area contributed by atoms with E-state index in [1.165, 1.54) is 48.5 Å². The highest BCUT2D eigenvalue weighted by atomic mass is 35.5. The molecule has 2 aliphatic carbocycles. The second-order valence-electron chi connectivity index (χ2n) is 18.3.